The van der Waals surface area contributed by atoms with Crippen LogP contribution in [0.3, 0.4) is 0 Å². The van der Waals surface area contributed by atoms with Crippen LogP contribution in [0.15, 0.2) is 66.7 Å². The normalized spacial score (nSPS) is 10.5. The van der Waals surface area contributed by atoms with Gasteiger partial charge in [0.25, 0.3) is 0 Å². The van der Waals surface area contributed by atoms with Crippen LogP contribution < -0.4 is 10.1 Å². The molecule has 0 fully saturated rings. The van der Waals surface area contributed by atoms with E-state index in [9.17, 15) is 4.79 Å². The van der Waals surface area contributed by atoms with Crippen molar-refractivity contribution in [3.8, 4) is 28.7 Å². The average molecular weight is 481 g/mol. The Balaban J connectivity index is 1.55. The molecule has 0 aromatic heterocycles. The number of carbonyl (C=O) groups is 1. The molecule has 33 heavy (non-hydrogen) atoms. The lowest BCUT2D eigenvalue weighted by Crippen LogP contribution is -2.27. The zero-order chi connectivity index (χ0) is 23.6. The number of anilines is 1. The lowest BCUT2D eigenvalue weighted by atomic mass is 10.0. The van der Waals surface area contributed by atoms with Crippen LogP contribution in [0.1, 0.15) is 19.4 Å². The van der Waals surface area contributed by atoms with Crippen molar-refractivity contribution in [2.45, 2.75) is 13.8 Å². The van der Waals surface area contributed by atoms with E-state index < -0.39 is 5.91 Å². The number of likely N-dealkylation sites (N-methyl/N-ethyl adjacent to an activating group) is 1. The highest BCUT2D eigenvalue weighted by atomic mass is 35.5. The van der Waals surface area contributed by atoms with Crippen LogP contribution in [0, 0.1) is 11.8 Å². The summed E-state index contributed by atoms with van der Waals surface area (Å²) in [5.41, 5.74) is 3.43. The number of hydrogen-bond donors (Lipinski definition) is 1. The summed E-state index contributed by atoms with van der Waals surface area (Å²) in [5, 5.41) is 3.88. The summed E-state index contributed by atoms with van der Waals surface area (Å²) in [7, 11) is 0. The lowest BCUT2D eigenvalue weighted by Gasteiger charge is -2.18. The van der Waals surface area contributed by atoms with Gasteiger partial charge in [0.05, 0.1) is 5.02 Å². The monoisotopic (exact) mass is 480 g/mol. The van der Waals surface area contributed by atoms with Crippen LogP contribution in [-0.4, -0.2) is 37.0 Å². The highest BCUT2D eigenvalue weighted by molar-refractivity contribution is 6.32. The number of carbonyl (C=O) groups excluding carboxylic acids is 1. The van der Waals surface area contributed by atoms with Gasteiger partial charge in [-0.05, 0) is 66.7 Å². The van der Waals surface area contributed by atoms with Gasteiger partial charge in [-0.25, -0.2) is 0 Å². The minimum absolute atomic E-state index is 0.414. The lowest BCUT2D eigenvalue weighted by molar-refractivity contribution is -0.111. The van der Waals surface area contributed by atoms with Gasteiger partial charge in [-0.15, -0.1) is 0 Å². The number of benzene rings is 3. The summed E-state index contributed by atoms with van der Waals surface area (Å²) in [4.78, 5) is 14.5. The average Bonchev–Trinajstić information content (AvgIpc) is 2.83. The van der Waals surface area contributed by atoms with Crippen LogP contribution in [0.5, 0.6) is 5.75 Å². The number of ether oxygens (including phenoxy) is 1. The summed E-state index contributed by atoms with van der Waals surface area (Å²) in [6, 6.07) is 20.5. The van der Waals surface area contributed by atoms with Crippen molar-refractivity contribution in [3.63, 3.8) is 0 Å². The summed E-state index contributed by atoms with van der Waals surface area (Å²) >= 11 is 12.2. The Morgan fingerprint density at radius 3 is 2.18 bits per heavy atom. The number of hydrogen-bond acceptors (Lipinski definition) is 3. The first-order valence-corrected chi connectivity index (χ1v) is 11.6. The molecule has 0 saturated heterocycles. The SMILES string of the molecule is CCN(CC)CCOc1ccc(NC(=O)C#Cc2ccc(-c3ccc(Cl)cc3)cc2)cc1Cl. The molecule has 6 heteroatoms. The minimum Gasteiger partial charge on any atom is -0.491 e. The topological polar surface area (TPSA) is 41.6 Å². The fourth-order valence-corrected chi connectivity index (χ4v) is 3.56. The predicted molar refractivity (Wildman–Crippen MR) is 137 cm³/mol. The zero-order valence-electron chi connectivity index (χ0n) is 18.7. The first-order valence-electron chi connectivity index (χ1n) is 10.8. The maximum Gasteiger partial charge on any atom is 0.300 e. The standard InChI is InChI=1S/C27H26Cl2N2O2/c1-3-31(4-2)17-18-33-26-15-14-24(19-25(26)29)30-27(32)16-7-20-5-8-21(9-6-20)22-10-12-23(28)13-11-22/h5-6,8-15,19H,3-4,17-18H2,1-2H3,(H,30,32). The number of nitrogens with one attached hydrogen (secondary N) is 1. The maximum atomic E-state index is 12.2. The zero-order valence-corrected chi connectivity index (χ0v) is 20.2. The van der Waals surface area contributed by atoms with Crippen LogP contribution in [0.25, 0.3) is 11.1 Å². The number of nitrogens with zero attached hydrogens (tertiary/aromatic N) is 1. The largest absolute Gasteiger partial charge is 0.491 e. The summed E-state index contributed by atoms with van der Waals surface area (Å²) in [6.45, 7) is 7.58. The Kier molecular flexibility index (Phi) is 9.21. The van der Waals surface area contributed by atoms with E-state index >= 15 is 0 Å². The number of rotatable bonds is 8. The molecule has 0 saturated carbocycles. The molecule has 0 heterocycles. The first kappa shape index (κ1) is 24.7. The maximum absolute atomic E-state index is 12.2. The fraction of sp³-hybridized carbons (Fsp3) is 0.222. The molecular formula is C27H26Cl2N2O2. The molecule has 0 spiro atoms. The van der Waals surface area contributed by atoms with E-state index in [0.717, 1.165) is 36.3 Å². The molecule has 0 aliphatic heterocycles. The molecule has 0 atom stereocenters. The van der Waals surface area contributed by atoms with Gasteiger partial charge >= 0.3 is 5.91 Å². The van der Waals surface area contributed by atoms with E-state index in [0.29, 0.717) is 28.1 Å². The van der Waals surface area contributed by atoms with E-state index in [1.54, 1.807) is 18.2 Å². The highest BCUT2D eigenvalue weighted by Gasteiger charge is 2.06. The van der Waals surface area contributed by atoms with E-state index in [-0.39, 0.29) is 0 Å². The van der Waals surface area contributed by atoms with Crippen molar-refractivity contribution in [3.05, 3.63) is 82.3 Å². The molecule has 1 N–H and O–H groups in total. The Labute approximate surface area is 205 Å². The second-order valence-electron chi connectivity index (χ2n) is 7.31. The Morgan fingerprint density at radius 2 is 1.58 bits per heavy atom. The quantitative estimate of drug-likeness (QED) is 0.380. The molecule has 3 aromatic carbocycles. The number of amides is 1. The van der Waals surface area contributed by atoms with E-state index in [2.05, 4.69) is 35.9 Å². The smallest absolute Gasteiger partial charge is 0.300 e. The van der Waals surface area contributed by atoms with Gasteiger partial charge in [0.1, 0.15) is 12.4 Å². The first-order chi connectivity index (χ1) is 16.0. The van der Waals surface area contributed by atoms with Crippen molar-refractivity contribution in [1.29, 1.82) is 0 Å². The van der Waals surface area contributed by atoms with Crippen molar-refractivity contribution in [1.82, 2.24) is 4.90 Å². The predicted octanol–water partition coefficient (Wildman–Crippen LogP) is 6.37. The second-order valence-corrected chi connectivity index (χ2v) is 8.15. The molecule has 0 aliphatic rings. The molecule has 4 nitrogen and oxygen atoms in total. The van der Waals surface area contributed by atoms with Gasteiger partial charge in [-0.1, -0.05) is 67.2 Å². The van der Waals surface area contributed by atoms with Gasteiger partial charge in [0, 0.05) is 28.7 Å². The third kappa shape index (κ3) is 7.54. The molecule has 3 rings (SSSR count). The van der Waals surface area contributed by atoms with Gasteiger partial charge in [0.15, 0.2) is 0 Å². The molecular weight excluding hydrogens is 455 g/mol. The van der Waals surface area contributed by atoms with Gasteiger partial charge < -0.3 is 15.0 Å². The van der Waals surface area contributed by atoms with E-state index in [1.807, 2.05) is 48.5 Å². The Bertz CT molecular complexity index is 1130. The van der Waals surface area contributed by atoms with Gasteiger partial charge in [-0.2, -0.15) is 0 Å². The Morgan fingerprint density at radius 1 is 0.939 bits per heavy atom. The van der Waals surface area contributed by atoms with Crippen molar-refractivity contribution >= 4 is 34.8 Å². The molecule has 3 aromatic rings. The molecule has 0 unspecified atom stereocenters. The van der Waals surface area contributed by atoms with Crippen LogP contribution in [0.2, 0.25) is 10.0 Å². The Hall–Kier alpha value is -2.97. The van der Waals surface area contributed by atoms with Crippen LogP contribution >= 0.6 is 23.2 Å². The molecule has 1 amide bonds. The molecule has 170 valence electrons. The third-order valence-corrected chi connectivity index (χ3v) is 5.68. The van der Waals surface area contributed by atoms with Crippen molar-refractivity contribution in [2.75, 3.05) is 31.6 Å². The summed E-state index contributed by atoms with van der Waals surface area (Å²) < 4.78 is 5.76. The molecule has 0 aliphatic carbocycles. The number of halogens is 2. The van der Waals surface area contributed by atoms with Gasteiger partial charge in [-0.3, -0.25) is 4.79 Å². The fourth-order valence-electron chi connectivity index (χ4n) is 3.20. The van der Waals surface area contributed by atoms with Gasteiger partial charge in [0.2, 0.25) is 0 Å². The summed E-state index contributed by atoms with van der Waals surface area (Å²) in [5.74, 6) is 5.67. The molecule has 0 bridgehead atoms. The minimum atomic E-state index is -0.414. The van der Waals surface area contributed by atoms with Crippen molar-refractivity contribution in [2.24, 2.45) is 0 Å². The highest BCUT2D eigenvalue weighted by Crippen LogP contribution is 2.27. The summed E-state index contributed by atoms with van der Waals surface area (Å²) in [6.07, 6.45) is 0. The third-order valence-electron chi connectivity index (χ3n) is 5.13. The van der Waals surface area contributed by atoms with Crippen LogP contribution in [-0.2, 0) is 4.79 Å². The van der Waals surface area contributed by atoms with E-state index in [1.165, 1.54) is 0 Å². The molecule has 0 radical (unpaired) electrons. The van der Waals surface area contributed by atoms with Crippen LogP contribution in [0.4, 0.5) is 5.69 Å². The van der Waals surface area contributed by atoms with Crippen molar-refractivity contribution < 1.29 is 9.53 Å². The second kappa shape index (κ2) is 12.3. The van der Waals surface area contributed by atoms with E-state index in [4.69, 9.17) is 27.9 Å².